The van der Waals surface area contributed by atoms with Gasteiger partial charge in [-0.25, -0.2) is 9.59 Å². The van der Waals surface area contributed by atoms with Crippen LogP contribution < -0.4 is 5.32 Å². The van der Waals surface area contributed by atoms with Crippen LogP contribution in [0.3, 0.4) is 0 Å². The predicted molar refractivity (Wildman–Crippen MR) is 56.5 cm³/mol. The Balaban J connectivity index is 1.89. The number of carbonyl (C=O) groups excluding carboxylic acids is 1. The van der Waals surface area contributed by atoms with Crippen molar-refractivity contribution in [1.29, 1.82) is 0 Å². The third-order valence-electron chi connectivity index (χ3n) is 3.14. The zero-order valence-electron chi connectivity index (χ0n) is 9.39. The fourth-order valence-corrected chi connectivity index (χ4v) is 1.82. The van der Waals surface area contributed by atoms with Gasteiger partial charge in [0.15, 0.2) is 0 Å². The van der Waals surface area contributed by atoms with Crippen molar-refractivity contribution < 1.29 is 24.5 Å². The average Bonchev–Trinajstić information content (AvgIpc) is 3.10. The minimum atomic E-state index is -1.07. The molecule has 2 rings (SSSR count). The normalized spacial score (nSPS) is 26.4. The van der Waals surface area contributed by atoms with Crippen LogP contribution in [0.1, 0.15) is 12.8 Å². The molecule has 0 aromatic rings. The number of nitrogens with one attached hydrogen (secondary N) is 1. The zero-order valence-corrected chi connectivity index (χ0v) is 9.39. The van der Waals surface area contributed by atoms with Gasteiger partial charge in [0.25, 0.3) is 0 Å². The van der Waals surface area contributed by atoms with Gasteiger partial charge in [-0.15, -0.1) is 0 Å². The molecule has 1 aliphatic heterocycles. The quantitative estimate of drug-likeness (QED) is 0.592. The summed E-state index contributed by atoms with van der Waals surface area (Å²) in [6.45, 7) is 0.919. The van der Waals surface area contributed by atoms with Crippen molar-refractivity contribution in [2.75, 3.05) is 26.3 Å². The maximum absolute atomic E-state index is 11.8. The van der Waals surface area contributed by atoms with Crippen molar-refractivity contribution >= 4 is 12.0 Å². The zero-order chi connectivity index (χ0) is 12.5. The third-order valence-corrected chi connectivity index (χ3v) is 3.14. The van der Waals surface area contributed by atoms with Gasteiger partial charge in [0, 0.05) is 6.54 Å². The average molecular weight is 244 g/mol. The molecule has 1 heterocycles. The smallest absolute Gasteiger partial charge is 0.329 e. The number of ether oxygens (including phenoxy) is 1. The molecule has 2 aliphatic rings. The van der Waals surface area contributed by atoms with Gasteiger partial charge in [-0.05, 0) is 12.8 Å². The number of carboxylic acid groups (broad SMARTS) is 1. The molecule has 1 saturated heterocycles. The molecule has 0 bridgehead atoms. The topological polar surface area (TPSA) is 99.1 Å². The summed E-state index contributed by atoms with van der Waals surface area (Å²) in [5.41, 5.74) is -1.07. The van der Waals surface area contributed by atoms with Crippen LogP contribution >= 0.6 is 0 Å². The first kappa shape index (κ1) is 12.1. The Labute approximate surface area is 98.3 Å². The highest BCUT2D eigenvalue weighted by atomic mass is 16.5. The van der Waals surface area contributed by atoms with E-state index >= 15 is 0 Å². The highest BCUT2D eigenvalue weighted by Gasteiger charge is 2.52. The molecule has 7 nitrogen and oxygen atoms in total. The molecular formula is C10H16N2O5. The number of rotatable bonds is 3. The van der Waals surface area contributed by atoms with Crippen molar-refractivity contribution in [1.82, 2.24) is 10.2 Å². The van der Waals surface area contributed by atoms with Crippen LogP contribution in [0.2, 0.25) is 0 Å². The Bertz CT molecular complexity index is 329. The molecule has 96 valence electrons. The molecule has 0 radical (unpaired) electrons. The van der Waals surface area contributed by atoms with Crippen LogP contribution in [0, 0.1) is 0 Å². The second-order valence-corrected chi connectivity index (χ2v) is 4.44. The number of aliphatic hydroxyl groups is 1. The van der Waals surface area contributed by atoms with Crippen molar-refractivity contribution in [3.63, 3.8) is 0 Å². The largest absolute Gasteiger partial charge is 0.480 e. The van der Waals surface area contributed by atoms with Gasteiger partial charge in [-0.1, -0.05) is 0 Å². The number of urea groups is 1. The van der Waals surface area contributed by atoms with E-state index in [1.54, 1.807) is 0 Å². The van der Waals surface area contributed by atoms with Gasteiger partial charge in [0.2, 0.25) is 0 Å². The first-order chi connectivity index (χ1) is 8.07. The lowest BCUT2D eigenvalue weighted by atomic mass is 10.2. The molecule has 1 aliphatic carbocycles. The summed E-state index contributed by atoms with van der Waals surface area (Å²) < 4.78 is 5.21. The van der Waals surface area contributed by atoms with Crippen molar-refractivity contribution in [2.24, 2.45) is 0 Å². The minimum absolute atomic E-state index is 0.145. The summed E-state index contributed by atoms with van der Waals surface area (Å²) in [4.78, 5) is 24.2. The Morgan fingerprint density at radius 3 is 2.71 bits per heavy atom. The van der Waals surface area contributed by atoms with Crippen molar-refractivity contribution in [3.8, 4) is 0 Å². The van der Waals surface area contributed by atoms with Crippen LogP contribution in [-0.2, 0) is 9.53 Å². The fourth-order valence-electron chi connectivity index (χ4n) is 1.82. The maximum Gasteiger partial charge on any atom is 0.329 e. The first-order valence-electron chi connectivity index (χ1n) is 5.60. The lowest BCUT2D eigenvalue weighted by Gasteiger charge is -2.32. The molecule has 0 aromatic carbocycles. The summed E-state index contributed by atoms with van der Waals surface area (Å²) >= 11 is 0. The second-order valence-electron chi connectivity index (χ2n) is 4.44. The van der Waals surface area contributed by atoms with E-state index in [0.717, 1.165) is 0 Å². The van der Waals surface area contributed by atoms with E-state index < -0.39 is 17.5 Å². The van der Waals surface area contributed by atoms with Gasteiger partial charge in [-0.3, -0.25) is 0 Å². The van der Waals surface area contributed by atoms with E-state index in [4.69, 9.17) is 14.9 Å². The minimum Gasteiger partial charge on any atom is -0.480 e. The van der Waals surface area contributed by atoms with Gasteiger partial charge in [0.05, 0.1) is 25.9 Å². The lowest BCUT2D eigenvalue weighted by molar-refractivity contribution is -0.140. The first-order valence-corrected chi connectivity index (χ1v) is 5.60. The van der Waals surface area contributed by atoms with Gasteiger partial charge >= 0.3 is 12.0 Å². The maximum atomic E-state index is 11.8. The number of nitrogens with zero attached hydrogens (tertiary/aromatic N) is 1. The van der Waals surface area contributed by atoms with Crippen LogP contribution in [0.15, 0.2) is 0 Å². The van der Waals surface area contributed by atoms with Crippen LogP contribution in [0.25, 0.3) is 0 Å². The highest BCUT2D eigenvalue weighted by Crippen LogP contribution is 2.35. The SMILES string of the molecule is O=C(NC1(C(=O)O)CC1)N1CCOC(CO)C1. The summed E-state index contributed by atoms with van der Waals surface area (Å²) in [7, 11) is 0. The fraction of sp³-hybridized carbons (Fsp3) is 0.800. The number of amides is 2. The van der Waals surface area contributed by atoms with E-state index in [2.05, 4.69) is 5.32 Å². The Hall–Kier alpha value is -1.34. The summed E-state index contributed by atoms with van der Waals surface area (Å²) in [5, 5.41) is 20.4. The van der Waals surface area contributed by atoms with Crippen LogP contribution in [0.4, 0.5) is 4.79 Å². The number of hydrogen-bond acceptors (Lipinski definition) is 4. The lowest BCUT2D eigenvalue weighted by Crippen LogP contribution is -2.54. The Kier molecular flexibility index (Phi) is 3.21. The predicted octanol–water partition coefficient (Wildman–Crippen LogP) is -0.994. The van der Waals surface area contributed by atoms with Gasteiger partial charge < -0.3 is 25.2 Å². The highest BCUT2D eigenvalue weighted by molar-refractivity contribution is 5.89. The van der Waals surface area contributed by atoms with E-state index in [-0.39, 0.29) is 19.3 Å². The number of carboxylic acids is 1. The van der Waals surface area contributed by atoms with Gasteiger partial charge in [-0.2, -0.15) is 0 Å². The molecule has 1 saturated carbocycles. The van der Waals surface area contributed by atoms with Crippen molar-refractivity contribution in [2.45, 2.75) is 24.5 Å². The molecule has 17 heavy (non-hydrogen) atoms. The molecule has 7 heteroatoms. The number of hydrogen-bond donors (Lipinski definition) is 3. The Morgan fingerprint density at radius 2 is 2.18 bits per heavy atom. The van der Waals surface area contributed by atoms with E-state index in [1.807, 2.05) is 0 Å². The molecule has 1 atom stereocenters. The number of carbonyl (C=O) groups is 2. The molecule has 0 aromatic heterocycles. The standard InChI is InChI=1S/C10H16N2O5/c13-6-7-5-12(3-4-17-7)9(16)11-10(1-2-10)8(14)15/h7,13H,1-6H2,(H,11,16)(H,14,15). The second kappa shape index (κ2) is 4.50. The molecular weight excluding hydrogens is 228 g/mol. The van der Waals surface area contributed by atoms with E-state index in [0.29, 0.717) is 26.0 Å². The summed E-state index contributed by atoms with van der Waals surface area (Å²) in [5.74, 6) is -0.988. The van der Waals surface area contributed by atoms with E-state index in [9.17, 15) is 9.59 Å². The van der Waals surface area contributed by atoms with E-state index in [1.165, 1.54) is 4.90 Å². The summed E-state index contributed by atoms with van der Waals surface area (Å²) in [6.07, 6.45) is 0.568. The molecule has 3 N–H and O–H groups in total. The number of morpholine rings is 1. The third kappa shape index (κ3) is 2.50. The van der Waals surface area contributed by atoms with Crippen molar-refractivity contribution in [3.05, 3.63) is 0 Å². The summed E-state index contributed by atoms with van der Waals surface area (Å²) in [6, 6.07) is -0.397. The van der Waals surface area contributed by atoms with Crippen LogP contribution in [0.5, 0.6) is 0 Å². The monoisotopic (exact) mass is 244 g/mol. The molecule has 1 unspecified atom stereocenters. The number of aliphatic hydroxyl groups excluding tert-OH is 1. The van der Waals surface area contributed by atoms with Crippen LogP contribution in [-0.4, -0.2) is 65.1 Å². The molecule has 0 spiro atoms. The molecule has 2 amide bonds. The van der Waals surface area contributed by atoms with Gasteiger partial charge in [0.1, 0.15) is 5.54 Å². The number of aliphatic carboxylic acids is 1. The molecule has 2 fully saturated rings. The Morgan fingerprint density at radius 1 is 1.47 bits per heavy atom.